The van der Waals surface area contributed by atoms with Gasteiger partial charge in [0, 0.05) is 18.2 Å². The highest BCUT2D eigenvalue weighted by molar-refractivity contribution is 6.30. The third kappa shape index (κ3) is 5.06. The summed E-state index contributed by atoms with van der Waals surface area (Å²) in [5.74, 6) is -3.79. The molecule has 0 radical (unpaired) electrons. The predicted molar refractivity (Wildman–Crippen MR) is 106 cm³/mol. The van der Waals surface area contributed by atoms with Gasteiger partial charge < -0.3 is 9.47 Å². The van der Waals surface area contributed by atoms with Crippen LogP contribution in [0.4, 0.5) is 22.0 Å². The molecular formula is C22H26ClF5O3. The summed E-state index contributed by atoms with van der Waals surface area (Å²) < 4.78 is 78.1. The monoisotopic (exact) mass is 468 g/mol. The molecule has 0 heterocycles. The zero-order valence-corrected chi connectivity index (χ0v) is 18.8. The quantitative estimate of drug-likeness (QED) is 0.335. The maximum Gasteiger partial charge on any atom is 0.426 e. The van der Waals surface area contributed by atoms with Crippen LogP contribution in [0, 0.1) is 28.9 Å². The van der Waals surface area contributed by atoms with Gasteiger partial charge in [-0.25, -0.2) is 8.78 Å². The first-order chi connectivity index (χ1) is 14.3. The van der Waals surface area contributed by atoms with Crippen LogP contribution in [0.5, 0.6) is 0 Å². The normalized spacial score (nSPS) is 20.7. The number of alkyl halides is 3. The molecule has 1 fully saturated rings. The Morgan fingerprint density at radius 3 is 1.97 bits per heavy atom. The summed E-state index contributed by atoms with van der Waals surface area (Å²) in [5.41, 5.74) is -0.259. The summed E-state index contributed by atoms with van der Waals surface area (Å²) in [6.45, 7) is 6.05. The fraction of sp³-hybridized carbons (Fsp3) is 0.591. The second-order valence-electron chi connectivity index (χ2n) is 8.13. The van der Waals surface area contributed by atoms with Crippen LogP contribution in [0.25, 0.3) is 0 Å². The van der Waals surface area contributed by atoms with Crippen molar-refractivity contribution in [1.29, 1.82) is 0 Å². The molecule has 9 heteroatoms. The lowest BCUT2D eigenvalue weighted by Crippen LogP contribution is -2.16. The van der Waals surface area contributed by atoms with Gasteiger partial charge in [0.15, 0.2) is 0 Å². The first kappa shape index (κ1) is 25.6. The summed E-state index contributed by atoms with van der Waals surface area (Å²) in [5, 5.41) is -1.29. The minimum absolute atomic E-state index is 0.179. The number of rotatable bonds is 8. The van der Waals surface area contributed by atoms with E-state index >= 15 is 0 Å². The molecule has 1 aliphatic rings. The minimum Gasteiger partial charge on any atom is -0.461 e. The lowest BCUT2D eigenvalue weighted by molar-refractivity contribution is -0.147. The van der Waals surface area contributed by atoms with E-state index < -0.39 is 46.1 Å². The van der Waals surface area contributed by atoms with Crippen LogP contribution in [0.15, 0.2) is 11.1 Å². The molecule has 0 N–H and O–H groups in total. The average Bonchev–Trinajstić information content (AvgIpc) is 3.22. The molecule has 0 aliphatic heterocycles. The van der Waals surface area contributed by atoms with E-state index in [4.69, 9.17) is 21.1 Å². The second-order valence-corrected chi connectivity index (χ2v) is 8.53. The summed E-state index contributed by atoms with van der Waals surface area (Å²) in [7, 11) is 1.33. The van der Waals surface area contributed by atoms with Crippen molar-refractivity contribution in [2.45, 2.75) is 59.9 Å². The van der Waals surface area contributed by atoms with E-state index in [0.717, 1.165) is 6.08 Å². The van der Waals surface area contributed by atoms with Crippen LogP contribution >= 0.6 is 11.6 Å². The van der Waals surface area contributed by atoms with E-state index in [1.807, 2.05) is 0 Å². The number of hydrogen-bond donors (Lipinski definition) is 0. The molecule has 31 heavy (non-hydrogen) atoms. The van der Waals surface area contributed by atoms with Gasteiger partial charge in [0.25, 0.3) is 0 Å². The van der Waals surface area contributed by atoms with Crippen LogP contribution in [-0.2, 0) is 40.3 Å². The average molecular weight is 469 g/mol. The molecule has 3 nitrogen and oxygen atoms in total. The molecule has 0 aromatic heterocycles. The van der Waals surface area contributed by atoms with Gasteiger partial charge in [-0.3, -0.25) is 4.79 Å². The first-order valence-electron chi connectivity index (χ1n) is 9.93. The van der Waals surface area contributed by atoms with Crippen molar-refractivity contribution in [2.24, 2.45) is 17.3 Å². The molecule has 174 valence electrons. The van der Waals surface area contributed by atoms with Gasteiger partial charge >= 0.3 is 12.1 Å². The molecule has 1 aliphatic carbocycles. The predicted octanol–water partition coefficient (Wildman–Crippen LogP) is 6.24. The van der Waals surface area contributed by atoms with Crippen LogP contribution in [0.3, 0.4) is 0 Å². The molecular weight excluding hydrogens is 443 g/mol. The van der Waals surface area contributed by atoms with Gasteiger partial charge in [0.05, 0.1) is 12.5 Å². The molecule has 2 atom stereocenters. The van der Waals surface area contributed by atoms with Crippen molar-refractivity contribution in [1.82, 2.24) is 0 Å². The third-order valence-electron chi connectivity index (χ3n) is 5.90. The number of hydrogen-bond acceptors (Lipinski definition) is 3. The number of methoxy groups -OCH3 is 1. The fourth-order valence-electron chi connectivity index (χ4n) is 4.01. The Hall–Kier alpha value is -1.67. The van der Waals surface area contributed by atoms with Crippen molar-refractivity contribution in [3.8, 4) is 0 Å². The van der Waals surface area contributed by atoms with Gasteiger partial charge in [-0.1, -0.05) is 45.4 Å². The third-order valence-corrected chi connectivity index (χ3v) is 6.24. The van der Waals surface area contributed by atoms with E-state index in [9.17, 15) is 26.7 Å². The van der Waals surface area contributed by atoms with Gasteiger partial charge in [0.1, 0.15) is 23.3 Å². The Morgan fingerprint density at radius 1 is 1.03 bits per heavy atom. The summed E-state index contributed by atoms with van der Waals surface area (Å²) in [6, 6.07) is 0. The highest BCUT2D eigenvalue weighted by Crippen LogP contribution is 2.60. The molecule has 1 saturated carbocycles. The van der Waals surface area contributed by atoms with E-state index in [1.54, 1.807) is 27.7 Å². The number of esters is 1. The molecule has 0 spiro atoms. The Morgan fingerprint density at radius 2 is 1.55 bits per heavy atom. The molecule has 1 aromatic rings. The maximum absolute atomic E-state index is 14.8. The highest BCUT2D eigenvalue weighted by Gasteiger charge is 2.62. The number of halogens is 6. The Balaban J connectivity index is 2.28. The van der Waals surface area contributed by atoms with E-state index in [2.05, 4.69) is 0 Å². The summed E-state index contributed by atoms with van der Waals surface area (Å²) in [6.07, 6.45) is -3.39. The Bertz CT molecular complexity index is 846. The van der Waals surface area contributed by atoms with Crippen molar-refractivity contribution < 1.29 is 36.2 Å². The minimum atomic E-state index is -4.69. The number of allylic oxidation sites excluding steroid dienone is 2. The molecule has 0 amide bonds. The lowest BCUT2D eigenvalue weighted by Gasteiger charge is -2.19. The fourth-order valence-corrected chi connectivity index (χ4v) is 4.15. The number of carbonyl (C=O) groups is 1. The topological polar surface area (TPSA) is 35.5 Å². The number of ether oxygens (including phenoxy) is 2. The smallest absolute Gasteiger partial charge is 0.426 e. The zero-order chi connectivity index (χ0) is 23.7. The largest absolute Gasteiger partial charge is 0.461 e. The van der Waals surface area contributed by atoms with Crippen molar-refractivity contribution >= 4 is 17.6 Å². The van der Waals surface area contributed by atoms with Crippen LogP contribution in [-0.4, -0.2) is 19.3 Å². The summed E-state index contributed by atoms with van der Waals surface area (Å²) in [4.78, 5) is 12.6. The summed E-state index contributed by atoms with van der Waals surface area (Å²) >= 11 is 5.31. The van der Waals surface area contributed by atoms with Gasteiger partial charge in [-0.05, 0) is 35.3 Å². The van der Waals surface area contributed by atoms with E-state index in [-0.39, 0.29) is 48.3 Å². The Labute approximate surface area is 183 Å². The molecule has 1 aromatic carbocycles. The standard InChI is InChI=1S/C22H26ClF5O3/c1-6-11-13(12(7-2)19(25)14(9-30-5)18(11)24)10-31-20(29)17-15(21(17,3)4)8-16(23)22(26,27)28/h8,15,17H,6-7,9-10H2,1-5H3/b16-8-/t15-,17-/m1/s1. The lowest BCUT2D eigenvalue weighted by atomic mass is 9.93. The number of benzene rings is 1. The molecule has 0 bridgehead atoms. The van der Waals surface area contributed by atoms with Gasteiger partial charge in [-0.2, -0.15) is 13.2 Å². The first-order valence-corrected chi connectivity index (χ1v) is 10.3. The van der Waals surface area contributed by atoms with Gasteiger partial charge in [0.2, 0.25) is 0 Å². The molecule has 0 saturated heterocycles. The van der Waals surface area contributed by atoms with Crippen LogP contribution in [0.2, 0.25) is 0 Å². The van der Waals surface area contributed by atoms with Crippen molar-refractivity contribution in [3.63, 3.8) is 0 Å². The number of carbonyl (C=O) groups excluding carboxylic acids is 1. The maximum atomic E-state index is 14.8. The molecule has 2 rings (SSSR count). The van der Waals surface area contributed by atoms with Crippen molar-refractivity contribution in [2.75, 3.05) is 7.11 Å². The Kier molecular flexibility index (Phi) is 7.80. The SMILES string of the molecule is CCc1c(F)c(COC)c(F)c(CC)c1COC(=O)[C@H]1[C@@H](/C=C(\Cl)C(F)(F)F)C1(C)C. The van der Waals surface area contributed by atoms with Crippen molar-refractivity contribution in [3.05, 3.63) is 45.0 Å². The second kappa shape index (κ2) is 9.45. The van der Waals surface area contributed by atoms with Crippen LogP contribution < -0.4 is 0 Å². The molecule has 0 unspecified atom stereocenters. The van der Waals surface area contributed by atoms with Crippen LogP contribution in [0.1, 0.15) is 49.9 Å². The van der Waals surface area contributed by atoms with E-state index in [0.29, 0.717) is 0 Å². The zero-order valence-electron chi connectivity index (χ0n) is 18.1. The van der Waals surface area contributed by atoms with E-state index in [1.165, 1.54) is 7.11 Å². The van der Waals surface area contributed by atoms with Gasteiger partial charge in [-0.15, -0.1) is 0 Å². The highest BCUT2D eigenvalue weighted by atomic mass is 35.5.